The van der Waals surface area contributed by atoms with Gasteiger partial charge < -0.3 is 14.4 Å². The molecule has 1 amide bonds. The van der Waals surface area contributed by atoms with Crippen LogP contribution in [0, 0.1) is 11.3 Å². The first-order valence-electron chi connectivity index (χ1n) is 13.4. The van der Waals surface area contributed by atoms with Crippen molar-refractivity contribution >= 4 is 5.91 Å². The molecule has 0 unspecified atom stereocenters. The van der Waals surface area contributed by atoms with E-state index in [0.717, 1.165) is 63.7 Å². The average molecular weight is 478 g/mol. The first-order chi connectivity index (χ1) is 17.1. The zero-order chi connectivity index (χ0) is 24.1. The van der Waals surface area contributed by atoms with Crippen LogP contribution < -0.4 is 9.47 Å². The Morgan fingerprint density at radius 1 is 1.06 bits per heavy atom. The molecule has 1 aromatic carbocycles. The van der Waals surface area contributed by atoms with Crippen molar-refractivity contribution < 1.29 is 14.3 Å². The van der Waals surface area contributed by atoms with Crippen LogP contribution in [0.15, 0.2) is 42.5 Å². The third kappa shape index (κ3) is 6.16. The summed E-state index contributed by atoms with van der Waals surface area (Å²) in [6.07, 6.45) is 9.55. The van der Waals surface area contributed by atoms with Crippen molar-refractivity contribution in [1.29, 1.82) is 0 Å². The Labute approximate surface area is 209 Å². The number of ether oxygens (including phenoxy) is 2. The molecule has 6 nitrogen and oxygen atoms in total. The highest BCUT2D eigenvalue weighted by molar-refractivity contribution is 5.92. The van der Waals surface area contributed by atoms with Crippen LogP contribution in [0.25, 0.3) is 0 Å². The minimum Gasteiger partial charge on any atom is -0.492 e. The summed E-state index contributed by atoms with van der Waals surface area (Å²) in [5.41, 5.74) is 2.08. The fourth-order valence-electron chi connectivity index (χ4n) is 5.81. The van der Waals surface area contributed by atoms with Crippen LogP contribution in [0.4, 0.5) is 0 Å². The van der Waals surface area contributed by atoms with E-state index in [-0.39, 0.29) is 11.3 Å². The maximum atomic E-state index is 13.2. The molecule has 2 fully saturated rings. The lowest BCUT2D eigenvalue weighted by Gasteiger charge is -2.45. The third-order valence-electron chi connectivity index (χ3n) is 8.08. The molecule has 3 heterocycles. The van der Waals surface area contributed by atoms with Gasteiger partial charge in [0.05, 0.1) is 7.11 Å². The van der Waals surface area contributed by atoms with Crippen LogP contribution in [-0.4, -0.2) is 67.1 Å². The maximum absolute atomic E-state index is 13.2. The number of hydrogen-bond donors (Lipinski definition) is 0. The van der Waals surface area contributed by atoms with Crippen molar-refractivity contribution in [3.63, 3.8) is 0 Å². The van der Waals surface area contributed by atoms with Gasteiger partial charge in [0, 0.05) is 38.8 Å². The third-order valence-corrected chi connectivity index (χ3v) is 8.08. The predicted molar refractivity (Wildman–Crippen MR) is 137 cm³/mol. The number of fused-ring (bicyclic) bond motifs is 1. The van der Waals surface area contributed by atoms with Gasteiger partial charge in [-0.2, -0.15) is 0 Å². The van der Waals surface area contributed by atoms with E-state index in [1.807, 2.05) is 11.0 Å². The SMILES string of the molecule is COc1cccc(C(=O)N2CCC3(CCCCc4ccccc4OCCN(CC4CC4)C3)CC2)n1. The lowest BCUT2D eigenvalue weighted by molar-refractivity contribution is 0.0364. The van der Waals surface area contributed by atoms with Gasteiger partial charge in [-0.15, -0.1) is 0 Å². The quantitative estimate of drug-likeness (QED) is 0.631. The number of methoxy groups -OCH3 is 1. The fourth-order valence-corrected chi connectivity index (χ4v) is 5.81. The highest BCUT2D eigenvalue weighted by Crippen LogP contribution is 2.40. The number of carbonyl (C=O) groups is 1. The Balaban J connectivity index is 1.27. The molecule has 2 aromatic rings. The van der Waals surface area contributed by atoms with Crippen molar-refractivity contribution in [1.82, 2.24) is 14.8 Å². The average Bonchev–Trinajstić information content (AvgIpc) is 3.71. The van der Waals surface area contributed by atoms with E-state index in [0.29, 0.717) is 11.6 Å². The number of para-hydroxylation sites is 1. The Morgan fingerprint density at radius 3 is 2.69 bits per heavy atom. The van der Waals surface area contributed by atoms with Crippen LogP contribution >= 0.6 is 0 Å². The molecule has 1 aliphatic carbocycles. The first-order valence-corrected chi connectivity index (χ1v) is 13.4. The minimum atomic E-state index is 0.0201. The van der Waals surface area contributed by atoms with E-state index < -0.39 is 0 Å². The molecule has 5 rings (SSSR count). The molecule has 3 aliphatic rings. The molecular weight excluding hydrogens is 438 g/mol. The number of nitrogens with zero attached hydrogens (tertiary/aromatic N) is 3. The summed E-state index contributed by atoms with van der Waals surface area (Å²) in [5, 5.41) is 0. The van der Waals surface area contributed by atoms with Gasteiger partial charge in [-0.25, -0.2) is 4.98 Å². The maximum Gasteiger partial charge on any atom is 0.272 e. The number of carbonyl (C=O) groups excluding carboxylic acids is 1. The fraction of sp³-hybridized carbons (Fsp3) is 0.586. The lowest BCUT2D eigenvalue weighted by atomic mass is 9.73. The first kappa shape index (κ1) is 24.1. The van der Waals surface area contributed by atoms with Crippen molar-refractivity contribution in [3.05, 3.63) is 53.7 Å². The van der Waals surface area contributed by atoms with Crippen molar-refractivity contribution in [3.8, 4) is 11.6 Å². The molecule has 1 aromatic heterocycles. The highest BCUT2D eigenvalue weighted by atomic mass is 16.5. The highest BCUT2D eigenvalue weighted by Gasteiger charge is 2.38. The molecule has 0 N–H and O–H groups in total. The molecule has 2 aliphatic heterocycles. The Hall–Kier alpha value is -2.60. The number of piperidine rings is 1. The molecule has 188 valence electrons. The summed E-state index contributed by atoms with van der Waals surface area (Å²) in [5.74, 6) is 2.43. The molecular formula is C29H39N3O3. The Morgan fingerprint density at radius 2 is 1.89 bits per heavy atom. The van der Waals surface area contributed by atoms with E-state index >= 15 is 0 Å². The van der Waals surface area contributed by atoms with Gasteiger partial charge in [0.2, 0.25) is 5.88 Å². The summed E-state index contributed by atoms with van der Waals surface area (Å²) in [4.78, 5) is 22.2. The molecule has 0 atom stereocenters. The van der Waals surface area contributed by atoms with Gasteiger partial charge in [-0.3, -0.25) is 9.69 Å². The van der Waals surface area contributed by atoms with Gasteiger partial charge in [0.1, 0.15) is 18.1 Å². The number of aromatic nitrogens is 1. The van der Waals surface area contributed by atoms with Gasteiger partial charge in [-0.05, 0) is 74.0 Å². The molecule has 1 saturated carbocycles. The van der Waals surface area contributed by atoms with Crippen LogP contribution in [0.5, 0.6) is 11.6 Å². The zero-order valence-corrected chi connectivity index (χ0v) is 21.1. The number of pyridine rings is 1. The standard InChI is InChI=1S/C29H39N3O3/c1-34-27-11-6-9-25(30-27)28(33)32-17-15-29(16-18-32)14-5-4-8-24-7-2-3-10-26(24)35-20-19-31(22-29)21-23-12-13-23/h2-3,6-7,9-11,23H,4-5,8,12-22H2,1H3. The van der Waals surface area contributed by atoms with E-state index in [9.17, 15) is 4.79 Å². The number of amides is 1. The smallest absolute Gasteiger partial charge is 0.272 e. The number of likely N-dealkylation sites (tertiary alicyclic amines) is 1. The van der Waals surface area contributed by atoms with Crippen LogP contribution in [0.1, 0.15) is 61.0 Å². The van der Waals surface area contributed by atoms with Crippen LogP contribution in [0.2, 0.25) is 0 Å². The summed E-state index contributed by atoms with van der Waals surface area (Å²) in [6, 6.07) is 14.0. The van der Waals surface area contributed by atoms with Crippen molar-refractivity contribution in [2.24, 2.45) is 11.3 Å². The summed E-state index contributed by atoms with van der Waals surface area (Å²) in [7, 11) is 1.59. The van der Waals surface area contributed by atoms with Crippen molar-refractivity contribution in [2.75, 3.05) is 46.4 Å². The molecule has 0 bridgehead atoms. The second-order valence-corrected chi connectivity index (χ2v) is 10.7. The molecule has 35 heavy (non-hydrogen) atoms. The zero-order valence-electron chi connectivity index (χ0n) is 21.1. The van der Waals surface area contributed by atoms with Crippen molar-refractivity contribution in [2.45, 2.75) is 51.4 Å². The summed E-state index contributed by atoms with van der Waals surface area (Å²) < 4.78 is 11.5. The van der Waals surface area contributed by atoms with E-state index in [4.69, 9.17) is 9.47 Å². The van der Waals surface area contributed by atoms with Gasteiger partial charge in [0.15, 0.2) is 0 Å². The van der Waals surface area contributed by atoms with E-state index in [1.54, 1.807) is 19.2 Å². The van der Waals surface area contributed by atoms with E-state index in [1.165, 1.54) is 44.2 Å². The number of hydrogen-bond acceptors (Lipinski definition) is 5. The largest absolute Gasteiger partial charge is 0.492 e. The minimum absolute atomic E-state index is 0.0201. The molecule has 1 spiro atoms. The molecule has 0 radical (unpaired) electrons. The Kier molecular flexibility index (Phi) is 7.57. The van der Waals surface area contributed by atoms with Gasteiger partial charge in [0.25, 0.3) is 5.91 Å². The number of aryl methyl sites for hydroxylation is 1. The van der Waals surface area contributed by atoms with Crippen LogP contribution in [-0.2, 0) is 6.42 Å². The van der Waals surface area contributed by atoms with E-state index in [2.05, 4.69) is 34.1 Å². The summed E-state index contributed by atoms with van der Waals surface area (Å²) >= 11 is 0. The van der Waals surface area contributed by atoms with Gasteiger partial charge >= 0.3 is 0 Å². The Bertz CT molecular complexity index is 998. The lowest BCUT2D eigenvalue weighted by Crippen LogP contribution is -2.49. The number of benzene rings is 1. The van der Waals surface area contributed by atoms with Crippen LogP contribution in [0.3, 0.4) is 0 Å². The second-order valence-electron chi connectivity index (χ2n) is 10.7. The second kappa shape index (κ2) is 11.0. The molecule has 1 saturated heterocycles. The molecule has 6 heteroatoms. The van der Waals surface area contributed by atoms with Gasteiger partial charge in [-0.1, -0.05) is 30.7 Å². The monoisotopic (exact) mass is 477 g/mol. The topological polar surface area (TPSA) is 54.9 Å². The number of rotatable bonds is 4. The summed E-state index contributed by atoms with van der Waals surface area (Å²) in [6.45, 7) is 5.62. The normalized spacial score (nSPS) is 21.3. The predicted octanol–water partition coefficient (Wildman–Crippen LogP) is 4.83.